The van der Waals surface area contributed by atoms with Crippen molar-refractivity contribution >= 4 is 48.8 Å². The second-order valence-electron chi connectivity index (χ2n) is 4.94. The van der Waals surface area contributed by atoms with Gasteiger partial charge in [-0.15, -0.1) is 11.3 Å². The molecule has 5 nitrogen and oxygen atoms in total. The number of halogens is 1. The van der Waals surface area contributed by atoms with Gasteiger partial charge in [0.05, 0.1) is 31.4 Å². The normalized spacial score (nSPS) is 13.7. The van der Waals surface area contributed by atoms with E-state index < -0.39 is 15.6 Å². The number of nitrogens with zero attached hydrogens (tertiary/aromatic N) is 3. The highest BCUT2D eigenvalue weighted by molar-refractivity contribution is 7.92. The molecule has 0 aliphatic carbocycles. The van der Waals surface area contributed by atoms with Crippen molar-refractivity contribution in [1.29, 1.82) is 0 Å². The van der Waals surface area contributed by atoms with E-state index in [1.807, 2.05) is 11.4 Å². The molecule has 0 aliphatic heterocycles. The molecule has 0 aliphatic rings. The fraction of sp³-hybridized carbons (Fsp3) is 0.133. The lowest BCUT2D eigenvalue weighted by atomic mass is 10.2. The lowest BCUT2D eigenvalue weighted by molar-refractivity contribution is 0.100. The van der Waals surface area contributed by atoms with E-state index in [4.69, 9.17) is 11.6 Å². The summed E-state index contributed by atoms with van der Waals surface area (Å²) in [7, 11) is -2.78. The number of fused-ring (bicyclic) bond motifs is 1. The van der Waals surface area contributed by atoms with Crippen LogP contribution in [-0.2, 0) is 15.5 Å². The molecule has 0 N–H and O–H groups in total. The molecule has 2 aromatic heterocycles. The average molecular weight is 366 g/mol. The van der Waals surface area contributed by atoms with E-state index in [0.29, 0.717) is 16.8 Å². The zero-order valence-electron chi connectivity index (χ0n) is 12.1. The molecule has 0 fully saturated rings. The first-order chi connectivity index (χ1) is 10.9. The van der Waals surface area contributed by atoms with Crippen molar-refractivity contribution < 1.29 is 9.00 Å². The van der Waals surface area contributed by atoms with Crippen molar-refractivity contribution in [3.8, 4) is 0 Å². The summed E-state index contributed by atoms with van der Waals surface area (Å²) in [6.07, 6.45) is 1.45. The van der Waals surface area contributed by atoms with Crippen molar-refractivity contribution in [2.45, 2.75) is 5.75 Å². The summed E-state index contributed by atoms with van der Waals surface area (Å²) in [4.78, 5) is 20.4. The van der Waals surface area contributed by atoms with Crippen LogP contribution in [0, 0.1) is 0 Å². The summed E-state index contributed by atoms with van der Waals surface area (Å²) >= 11 is 7.35. The Hall–Kier alpha value is -1.83. The molecule has 0 bridgehead atoms. The predicted octanol–water partition coefficient (Wildman–Crippen LogP) is 3.78. The number of hydrogen-bond donors (Lipinski definition) is 0. The van der Waals surface area contributed by atoms with Gasteiger partial charge in [-0.05, 0) is 35.2 Å². The molecule has 3 rings (SSSR count). The Labute approximate surface area is 142 Å². The van der Waals surface area contributed by atoms with Gasteiger partial charge in [-0.2, -0.15) is 4.36 Å². The standard InChI is InChI=1S/C15H12ClN3O2S2/c1-23(21,19-14(20)10-5-3-2-4-6-10)9-12-13-11(7-8-22-13)17-15(16)18-12/h2-8H,9H2,1H3. The summed E-state index contributed by atoms with van der Waals surface area (Å²) in [5.41, 5.74) is 1.66. The van der Waals surface area contributed by atoms with E-state index in [1.54, 1.807) is 30.3 Å². The van der Waals surface area contributed by atoms with Crippen LogP contribution < -0.4 is 0 Å². The second-order valence-corrected chi connectivity index (χ2v) is 8.58. The number of benzene rings is 1. The molecule has 1 atom stereocenters. The summed E-state index contributed by atoms with van der Waals surface area (Å²) < 4.78 is 17.4. The number of carbonyl (C=O) groups is 1. The van der Waals surface area contributed by atoms with E-state index in [2.05, 4.69) is 14.3 Å². The quantitative estimate of drug-likeness (QED) is 0.662. The van der Waals surface area contributed by atoms with E-state index in [0.717, 1.165) is 4.70 Å². The minimum Gasteiger partial charge on any atom is -0.266 e. The predicted molar refractivity (Wildman–Crippen MR) is 93.4 cm³/mol. The van der Waals surface area contributed by atoms with Crippen molar-refractivity contribution in [3.63, 3.8) is 0 Å². The van der Waals surface area contributed by atoms with Crippen LogP contribution in [0.4, 0.5) is 0 Å². The van der Waals surface area contributed by atoms with Gasteiger partial charge >= 0.3 is 0 Å². The van der Waals surface area contributed by atoms with Gasteiger partial charge in [-0.25, -0.2) is 14.2 Å². The van der Waals surface area contributed by atoms with Gasteiger partial charge in [0, 0.05) is 11.8 Å². The second kappa shape index (κ2) is 6.35. The number of hydrogen-bond acceptors (Lipinski definition) is 5. The van der Waals surface area contributed by atoms with Gasteiger partial charge in [-0.3, -0.25) is 4.79 Å². The topological polar surface area (TPSA) is 72.3 Å². The maximum absolute atomic E-state index is 12.7. The van der Waals surface area contributed by atoms with Gasteiger partial charge in [-0.1, -0.05) is 18.2 Å². The summed E-state index contributed by atoms with van der Waals surface area (Å²) in [5, 5.41) is 1.96. The summed E-state index contributed by atoms with van der Waals surface area (Å²) in [6, 6.07) is 10.4. The third-order valence-corrected chi connectivity index (χ3v) is 5.53. The van der Waals surface area contributed by atoms with Crippen LogP contribution in [0.15, 0.2) is 46.1 Å². The Morgan fingerprint density at radius 1 is 1.26 bits per heavy atom. The van der Waals surface area contributed by atoms with Gasteiger partial charge in [0.1, 0.15) is 0 Å². The maximum atomic E-state index is 12.7. The third-order valence-electron chi connectivity index (χ3n) is 3.05. The van der Waals surface area contributed by atoms with Gasteiger partial charge in [0.25, 0.3) is 5.91 Å². The van der Waals surface area contributed by atoms with E-state index in [9.17, 15) is 9.00 Å². The smallest absolute Gasteiger partial charge is 0.266 e. The Morgan fingerprint density at radius 2 is 2.00 bits per heavy atom. The van der Waals surface area contributed by atoms with Crippen LogP contribution in [0.2, 0.25) is 5.28 Å². The van der Waals surface area contributed by atoms with Crippen LogP contribution in [0.1, 0.15) is 16.1 Å². The Bertz CT molecular complexity index is 992. The van der Waals surface area contributed by atoms with Crippen LogP contribution in [0.3, 0.4) is 0 Å². The zero-order valence-corrected chi connectivity index (χ0v) is 14.5. The summed E-state index contributed by atoms with van der Waals surface area (Å²) in [5.74, 6) is -0.453. The first kappa shape index (κ1) is 16.0. The molecule has 23 heavy (non-hydrogen) atoms. The van der Waals surface area contributed by atoms with E-state index in [-0.39, 0.29) is 11.0 Å². The Kier molecular flexibility index (Phi) is 4.43. The molecule has 3 aromatic rings. The Morgan fingerprint density at radius 3 is 2.74 bits per heavy atom. The highest BCUT2D eigenvalue weighted by Crippen LogP contribution is 2.25. The van der Waals surface area contributed by atoms with Crippen LogP contribution in [0.25, 0.3) is 10.2 Å². The molecular formula is C15H12ClN3O2S2. The third kappa shape index (κ3) is 3.74. The molecule has 2 heterocycles. The van der Waals surface area contributed by atoms with E-state index >= 15 is 0 Å². The molecule has 0 saturated carbocycles. The zero-order chi connectivity index (χ0) is 16.4. The number of thiophene rings is 1. The van der Waals surface area contributed by atoms with Crippen molar-refractivity contribution in [1.82, 2.24) is 9.97 Å². The number of amides is 1. The monoisotopic (exact) mass is 365 g/mol. The molecular weight excluding hydrogens is 354 g/mol. The number of aromatic nitrogens is 2. The lowest BCUT2D eigenvalue weighted by Gasteiger charge is -2.05. The largest absolute Gasteiger partial charge is 0.285 e. The first-order valence-electron chi connectivity index (χ1n) is 6.63. The van der Waals surface area contributed by atoms with Gasteiger partial charge in [0.2, 0.25) is 5.28 Å². The molecule has 8 heteroatoms. The van der Waals surface area contributed by atoms with Gasteiger partial charge in [0.15, 0.2) is 0 Å². The van der Waals surface area contributed by atoms with Gasteiger partial charge < -0.3 is 0 Å². The molecule has 1 unspecified atom stereocenters. The highest BCUT2D eigenvalue weighted by atomic mass is 35.5. The van der Waals surface area contributed by atoms with Crippen LogP contribution in [-0.4, -0.2) is 26.3 Å². The summed E-state index contributed by atoms with van der Waals surface area (Å²) in [6.45, 7) is 0. The minimum atomic E-state index is -2.78. The van der Waals surface area contributed by atoms with Crippen molar-refractivity contribution in [3.05, 3.63) is 58.3 Å². The highest BCUT2D eigenvalue weighted by Gasteiger charge is 2.15. The van der Waals surface area contributed by atoms with Crippen LogP contribution in [0.5, 0.6) is 0 Å². The Balaban J connectivity index is 1.97. The molecule has 118 valence electrons. The van der Waals surface area contributed by atoms with Crippen molar-refractivity contribution in [2.24, 2.45) is 4.36 Å². The molecule has 1 amide bonds. The SMILES string of the molecule is CS(=O)(Cc1nc(Cl)nc2ccsc12)=NC(=O)c1ccccc1. The fourth-order valence-electron chi connectivity index (χ4n) is 2.09. The molecule has 0 spiro atoms. The molecule has 1 aromatic carbocycles. The maximum Gasteiger partial charge on any atom is 0.285 e. The number of rotatable bonds is 3. The number of carbonyl (C=O) groups excluding carboxylic acids is 1. The first-order valence-corrected chi connectivity index (χ1v) is 9.98. The lowest BCUT2D eigenvalue weighted by Crippen LogP contribution is -2.08. The molecule has 0 saturated heterocycles. The molecule has 0 radical (unpaired) electrons. The minimum absolute atomic E-state index is 0.0465. The average Bonchev–Trinajstić information content (AvgIpc) is 2.95. The van der Waals surface area contributed by atoms with E-state index in [1.165, 1.54) is 17.6 Å². The van der Waals surface area contributed by atoms with Crippen molar-refractivity contribution in [2.75, 3.05) is 6.26 Å². The fourth-order valence-corrected chi connectivity index (χ4v) is 4.43. The van der Waals surface area contributed by atoms with Crippen LogP contribution >= 0.6 is 22.9 Å².